The third-order valence-electron chi connectivity index (χ3n) is 4.07. The van der Waals surface area contributed by atoms with E-state index < -0.39 is 17.2 Å². The molecule has 0 spiro atoms. The molecule has 30 heavy (non-hydrogen) atoms. The van der Waals surface area contributed by atoms with Gasteiger partial charge in [0.25, 0.3) is 5.69 Å². The second kappa shape index (κ2) is 13.9. The van der Waals surface area contributed by atoms with Crippen LogP contribution in [0.15, 0.2) is 28.7 Å². The van der Waals surface area contributed by atoms with E-state index in [0.29, 0.717) is 10.2 Å². The highest BCUT2D eigenvalue weighted by atomic mass is 79.9. The smallest absolute Gasteiger partial charge is 0.355 e. The van der Waals surface area contributed by atoms with Crippen molar-refractivity contribution in [3.05, 3.63) is 50.2 Å². The van der Waals surface area contributed by atoms with Crippen LogP contribution < -0.4 is 0 Å². The molecule has 0 radical (unpaired) electrons. The Kier molecular flexibility index (Phi) is 12.9. The molecule has 0 amide bonds. The molecule has 0 atom stereocenters. The van der Waals surface area contributed by atoms with Crippen molar-refractivity contribution in [2.24, 2.45) is 0 Å². The van der Waals surface area contributed by atoms with Crippen molar-refractivity contribution < 1.29 is 23.9 Å². The molecule has 0 saturated heterocycles. The van der Waals surface area contributed by atoms with Gasteiger partial charge in [-0.1, -0.05) is 27.7 Å². The monoisotopic (exact) mass is 486 g/mol. The first-order chi connectivity index (χ1) is 14.3. The van der Waals surface area contributed by atoms with E-state index in [-0.39, 0.29) is 12.2 Å². The van der Waals surface area contributed by atoms with Crippen LogP contribution in [0.1, 0.15) is 43.9 Å². The van der Waals surface area contributed by atoms with Gasteiger partial charge in [-0.25, -0.2) is 4.79 Å². The minimum absolute atomic E-state index is 0.00557. The summed E-state index contributed by atoms with van der Waals surface area (Å²) >= 11 is 3.48. The molecule has 0 aliphatic heterocycles. The number of nitro groups is 1. The predicted molar refractivity (Wildman–Crippen MR) is 121 cm³/mol. The maximum Gasteiger partial charge on any atom is 0.355 e. The van der Waals surface area contributed by atoms with Crippen molar-refractivity contribution in [1.82, 2.24) is 4.57 Å². The Morgan fingerprint density at radius 3 is 2.00 bits per heavy atom. The molecule has 1 aromatic heterocycles. The van der Waals surface area contributed by atoms with E-state index >= 15 is 0 Å². The number of benzene rings is 1. The molecule has 9 heteroatoms. The second-order valence-electron chi connectivity index (χ2n) is 5.43. The van der Waals surface area contributed by atoms with Gasteiger partial charge in [0, 0.05) is 37.6 Å². The first kappa shape index (κ1) is 27.8. The Morgan fingerprint density at radius 2 is 1.60 bits per heavy atom. The minimum Gasteiger partial charge on any atom is -0.464 e. The summed E-state index contributed by atoms with van der Waals surface area (Å²) in [7, 11) is 4.32. The highest BCUT2D eigenvalue weighted by molar-refractivity contribution is 9.10. The zero-order valence-electron chi connectivity index (χ0n) is 18.8. The number of hydrogen-bond donors (Lipinski definition) is 0. The van der Waals surface area contributed by atoms with Crippen LogP contribution in [0.2, 0.25) is 0 Å². The standard InChI is InChI=1S/C17H19BrN2O6.2C2H6/c1-10-14(11-5-7-12(8-6-11)20(22)23)15(18)16(17(21)26-4)19(10)9-13(24-2)25-3;2*1-2/h5-8,13H,9H2,1-4H3;2*1-2H3. The molecule has 0 bridgehead atoms. The van der Waals surface area contributed by atoms with Gasteiger partial charge in [0.15, 0.2) is 6.29 Å². The molecule has 0 aliphatic carbocycles. The summed E-state index contributed by atoms with van der Waals surface area (Å²) in [6, 6.07) is 6.12. The van der Waals surface area contributed by atoms with Gasteiger partial charge in [0.1, 0.15) is 5.69 Å². The van der Waals surface area contributed by atoms with Crippen molar-refractivity contribution in [1.29, 1.82) is 0 Å². The number of carbonyl (C=O) groups is 1. The molecule has 0 N–H and O–H groups in total. The largest absolute Gasteiger partial charge is 0.464 e. The van der Waals surface area contributed by atoms with Gasteiger partial charge in [-0.05, 0) is 40.5 Å². The molecular weight excluding hydrogens is 456 g/mol. The number of non-ortho nitro benzene ring substituents is 1. The summed E-state index contributed by atoms with van der Waals surface area (Å²) in [4.78, 5) is 22.7. The fourth-order valence-corrected chi connectivity index (χ4v) is 3.59. The number of hydrogen-bond acceptors (Lipinski definition) is 6. The van der Waals surface area contributed by atoms with Crippen LogP contribution in [0.25, 0.3) is 11.1 Å². The topological polar surface area (TPSA) is 92.8 Å². The van der Waals surface area contributed by atoms with Crippen LogP contribution in [0.5, 0.6) is 0 Å². The number of carbonyl (C=O) groups excluding carboxylic acids is 1. The Labute approximate surface area is 186 Å². The fourth-order valence-electron chi connectivity index (χ4n) is 2.70. The number of methoxy groups -OCH3 is 3. The van der Waals surface area contributed by atoms with E-state index in [1.165, 1.54) is 33.5 Å². The number of halogens is 1. The van der Waals surface area contributed by atoms with Crippen LogP contribution in [0.4, 0.5) is 5.69 Å². The van der Waals surface area contributed by atoms with Gasteiger partial charge in [0.05, 0.1) is 23.1 Å². The van der Waals surface area contributed by atoms with Crippen molar-refractivity contribution in [2.45, 2.75) is 47.5 Å². The molecule has 8 nitrogen and oxygen atoms in total. The number of nitro benzene ring substituents is 1. The van der Waals surface area contributed by atoms with Gasteiger partial charge in [-0.2, -0.15) is 0 Å². The quantitative estimate of drug-likeness (QED) is 0.219. The van der Waals surface area contributed by atoms with E-state index in [9.17, 15) is 14.9 Å². The number of rotatable bonds is 7. The number of ether oxygens (including phenoxy) is 3. The van der Waals surface area contributed by atoms with Crippen molar-refractivity contribution in [3.8, 4) is 11.1 Å². The van der Waals surface area contributed by atoms with Crippen molar-refractivity contribution in [3.63, 3.8) is 0 Å². The number of esters is 1. The number of aromatic nitrogens is 1. The van der Waals surface area contributed by atoms with Crippen molar-refractivity contribution >= 4 is 27.6 Å². The van der Waals surface area contributed by atoms with Crippen LogP contribution in [-0.4, -0.2) is 43.1 Å². The van der Waals surface area contributed by atoms with Gasteiger partial charge >= 0.3 is 5.97 Å². The number of nitrogens with zero attached hydrogens (tertiary/aromatic N) is 2. The summed E-state index contributed by atoms with van der Waals surface area (Å²) in [6.45, 7) is 10.1. The molecule has 1 aromatic carbocycles. The van der Waals surface area contributed by atoms with E-state index in [1.807, 2.05) is 34.6 Å². The summed E-state index contributed by atoms with van der Waals surface area (Å²) in [5.74, 6) is -0.515. The molecule has 168 valence electrons. The fraction of sp³-hybridized carbons (Fsp3) is 0.476. The molecule has 0 fully saturated rings. The first-order valence-electron chi connectivity index (χ1n) is 9.63. The summed E-state index contributed by atoms with van der Waals surface area (Å²) in [6.07, 6.45) is -0.555. The van der Waals surface area contributed by atoms with E-state index in [1.54, 1.807) is 16.7 Å². The van der Waals surface area contributed by atoms with Crippen LogP contribution in [0, 0.1) is 17.0 Å². The van der Waals surface area contributed by atoms with Gasteiger partial charge in [-0.3, -0.25) is 10.1 Å². The van der Waals surface area contributed by atoms with Crippen LogP contribution >= 0.6 is 15.9 Å². The highest BCUT2D eigenvalue weighted by Gasteiger charge is 2.27. The molecule has 1 heterocycles. The SMILES string of the molecule is CC.CC.COC(=O)c1c(Br)c(-c2ccc([N+](=O)[O-])cc2)c(C)n1CC(OC)OC. The molecule has 2 aromatic rings. The van der Waals surface area contributed by atoms with E-state index in [2.05, 4.69) is 15.9 Å². The third kappa shape index (κ3) is 6.38. The maximum atomic E-state index is 12.3. The average Bonchev–Trinajstić information content (AvgIpc) is 3.03. The van der Waals surface area contributed by atoms with Crippen LogP contribution in [-0.2, 0) is 20.8 Å². The third-order valence-corrected chi connectivity index (χ3v) is 4.84. The lowest BCUT2D eigenvalue weighted by molar-refractivity contribution is -0.384. The Bertz CT molecular complexity index is 814. The zero-order valence-corrected chi connectivity index (χ0v) is 20.4. The Hall–Kier alpha value is -2.23. The van der Waals surface area contributed by atoms with Crippen molar-refractivity contribution in [2.75, 3.05) is 21.3 Å². The molecule has 2 rings (SSSR count). The Balaban J connectivity index is 0.00000198. The molecule has 0 aliphatic rings. The van der Waals surface area contributed by atoms with Gasteiger partial charge < -0.3 is 18.8 Å². The first-order valence-corrected chi connectivity index (χ1v) is 10.4. The van der Waals surface area contributed by atoms with Gasteiger partial charge in [-0.15, -0.1) is 0 Å². The average molecular weight is 487 g/mol. The lowest BCUT2D eigenvalue weighted by Gasteiger charge is -2.17. The van der Waals surface area contributed by atoms with Gasteiger partial charge in [0.2, 0.25) is 0 Å². The van der Waals surface area contributed by atoms with E-state index in [4.69, 9.17) is 14.2 Å². The predicted octanol–water partition coefficient (Wildman–Crippen LogP) is 5.59. The molecular formula is C21H31BrN2O6. The zero-order chi connectivity index (χ0) is 23.4. The lowest BCUT2D eigenvalue weighted by atomic mass is 10.1. The summed E-state index contributed by atoms with van der Waals surface area (Å²) in [5, 5.41) is 10.9. The van der Waals surface area contributed by atoms with E-state index in [0.717, 1.165) is 16.8 Å². The summed E-state index contributed by atoms with van der Waals surface area (Å²) < 4.78 is 17.7. The minimum atomic E-state index is -0.555. The molecule has 0 saturated carbocycles. The highest BCUT2D eigenvalue weighted by Crippen LogP contribution is 2.38. The lowest BCUT2D eigenvalue weighted by Crippen LogP contribution is -2.24. The molecule has 0 unspecified atom stereocenters. The Morgan fingerprint density at radius 1 is 1.10 bits per heavy atom. The maximum absolute atomic E-state index is 12.3. The normalized spacial score (nSPS) is 9.93. The second-order valence-corrected chi connectivity index (χ2v) is 6.22. The summed E-state index contributed by atoms with van der Waals surface area (Å²) in [5.41, 5.74) is 2.55. The van der Waals surface area contributed by atoms with Crippen LogP contribution in [0.3, 0.4) is 0 Å².